The molecule has 4 bridgehead atoms. The second-order valence-corrected chi connectivity index (χ2v) is 6.13. The van der Waals surface area contributed by atoms with Crippen LogP contribution >= 0.6 is 0 Å². The lowest BCUT2D eigenvalue weighted by Gasteiger charge is -2.54. The van der Waals surface area contributed by atoms with E-state index in [0.717, 1.165) is 29.4 Å². The first-order valence-electron chi connectivity index (χ1n) is 6.92. The number of rotatable bonds is 3. The summed E-state index contributed by atoms with van der Waals surface area (Å²) in [4.78, 5) is 0. The Kier molecular flexibility index (Phi) is 2.86. The van der Waals surface area contributed by atoms with E-state index < -0.39 is 0 Å². The second kappa shape index (κ2) is 4.37. The zero-order valence-electron chi connectivity index (χ0n) is 10.6. The van der Waals surface area contributed by atoms with E-state index in [2.05, 4.69) is 6.07 Å². The van der Waals surface area contributed by atoms with E-state index in [0.29, 0.717) is 12.3 Å². The molecule has 0 spiro atoms. The zero-order valence-corrected chi connectivity index (χ0v) is 10.6. The van der Waals surface area contributed by atoms with Crippen molar-refractivity contribution in [3.05, 3.63) is 11.8 Å². The molecule has 17 heavy (non-hydrogen) atoms. The highest BCUT2D eigenvalue weighted by molar-refractivity contribution is 5.11. The molecule has 4 fully saturated rings. The van der Waals surface area contributed by atoms with Gasteiger partial charge < -0.3 is 4.74 Å². The molecule has 92 valence electrons. The highest BCUT2D eigenvalue weighted by Gasteiger charge is 2.49. The summed E-state index contributed by atoms with van der Waals surface area (Å²) in [6.07, 6.45) is 9.63. The van der Waals surface area contributed by atoms with Crippen LogP contribution in [0.2, 0.25) is 0 Å². The van der Waals surface area contributed by atoms with Crippen molar-refractivity contribution in [2.45, 2.75) is 38.5 Å². The van der Waals surface area contributed by atoms with Crippen molar-refractivity contribution >= 4 is 0 Å². The molecular weight excluding hydrogens is 210 g/mol. The van der Waals surface area contributed by atoms with E-state index >= 15 is 0 Å². The number of nitrogens with zero attached hydrogens (tertiary/aromatic N) is 1. The third-order valence-corrected chi connectivity index (χ3v) is 5.19. The van der Waals surface area contributed by atoms with Gasteiger partial charge in [0.05, 0.1) is 25.4 Å². The summed E-state index contributed by atoms with van der Waals surface area (Å²) < 4.78 is 5.59. The molecule has 0 aromatic rings. The number of allylic oxidation sites excluding steroid dienone is 2. The summed E-state index contributed by atoms with van der Waals surface area (Å²) in [5.41, 5.74) is 0. The molecule has 2 heteroatoms. The van der Waals surface area contributed by atoms with Gasteiger partial charge >= 0.3 is 0 Å². The fourth-order valence-electron chi connectivity index (χ4n) is 4.89. The third-order valence-electron chi connectivity index (χ3n) is 5.19. The summed E-state index contributed by atoms with van der Waals surface area (Å²) >= 11 is 0. The van der Waals surface area contributed by atoms with Gasteiger partial charge in [-0.05, 0) is 61.9 Å². The van der Waals surface area contributed by atoms with Gasteiger partial charge in [0.2, 0.25) is 0 Å². The molecule has 0 heterocycles. The van der Waals surface area contributed by atoms with Gasteiger partial charge in [-0.1, -0.05) is 0 Å². The fourth-order valence-corrected chi connectivity index (χ4v) is 4.89. The number of ether oxygens (including phenoxy) is 1. The normalized spacial score (nSPS) is 43.5. The Balaban J connectivity index is 1.81. The molecule has 2 nitrogen and oxygen atoms in total. The van der Waals surface area contributed by atoms with Crippen LogP contribution in [-0.2, 0) is 4.74 Å². The van der Waals surface area contributed by atoms with Crippen LogP contribution < -0.4 is 0 Å². The van der Waals surface area contributed by atoms with Gasteiger partial charge in [0.25, 0.3) is 0 Å². The SMILES string of the molecule is CO/C(=C\CC#N)C1C2CC3CC(C2)CC1C3. The maximum atomic E-state index is 8.71. The number of methoxy groups -OCH3 is 1. The molecule has 0 N–H and O–H groups in total. The molecule has 0 amide bonds. The first-order chi connectivity index (χ1) is 8.31. The van der Waals surface area contributed by atoms with Crippen molar-refractivity contribution in [3.8, 4) is 6.07 Å². The number of hydrogen-bond donors (Lipinski definition) is 0. The van der Waals surface area contributed by atoms with Crippen molar-refractivity contribution in [1.29, 1.82) is 5.26 Å². The van der Waals surface area contributed by atoms with Gasteiger partial charge in [0.15, 0.2) is 0 Å². The molecule has 4 aliphatic carbocycles. The predicted octanol–water partition coefficient (Wildman–Crippen LogP) is 3.50. The Labute approximate surface area is 104 Å². The zero-order chi connectivity index (χ0) is 11.8. The minimum atomic E-state index is 0.492. The fraction of sp³-hybridized carbons (Fsp3) is 0.800. The standard InChI is InChI=1S/C15H21NO/c1-17-14(3-2-4-16)15-12-6-10-5-11(8-12)9-13(15)7-10/h3,10-13,15H,2,5-9H2,1H3/b14-3-. The van der Waals surface area contributed by atoms with Gasteiger partial charge in [-0.2, -0.15) is 5.26 Å². The molecule has 0 unspecified atom stereocenters. The van der Waals surface area contributed by atoms with Crippen LogP contribution in [0.3, 0.4) is 0 Å². The summed E-state index contributed by atoms with van der Waals surface area (Å²) in [7, 11) is 1.77. The van der Waals surface area contributed by atoms with Gasteiger partial charge in [-0.25, -0.2) is 0 Å². The molecule has 4 saturated carbocycles. The summed E-state index contributed by atoms with van der Waals surface area (Å²) in [6, 6.07) is 2.20. The van der Waals surface area contributed by atoms with Crippen molar-refractivity contribution in [1.82, 2.24) is 0 Å². The van der Waals surface area contributed by atoms with E-state index in [-0.39, 0.29) is 0 Å². The molecule has 0 aromatic heterocycles. The molecule has 0 aliphatic heterocycles. The Morgan fingerprint density at radius 1 is 1.18 bits per heavy atom. The molecule has 0 aromatic carbocycles. The highest BCUT2D eigenvalue weighted by Crippen LogP contribution is 2.58. The lowest BCUT2D eigenvalue weighted by molar-refractivity contribution is -0.0393. The van der Waals surface area contributed by atoms with E-state index in [1.807, 2.05) is 6.08 Å². The van der Waals surface area contributed by atoms with Crippen molar-refractivity contribution in [2.24, 2.45) is 29.6 Å². The van der Waals surface area contributed by atoms with Gasteiger partial charge in [0, 0.05) is 5.92 Å². The van der Waals surface area contributed by atoms with Gasteiger partial charge in [-0.3, -0.25) is 0 Å². The number of hydrogen-bond acceptors (Lipinski definition) is 2. The lowest BCUT2D eigenvalue weighted by atomic mass is 9.51. The van der Waals surface area contributed by atoms with Crippen LogP contribution in [0.15, 0.2) is 11.8 Å². The van der Waals surface area contributed by atoms with Crippen LogP contribution in [0.1, 0.15) is 38.5 Å². The van der Waals surface area contributed by atoms with E-state index in [1.54, 1.807) is 7.11 Å². The minimum Gasteiger partial charge on any atom is -0.501 e. The Morgan fingerprint density at radius 2 is 1.76 bits per heavy atom. The molecule has 4 aliphatic rings. The quantitative estimate of drug-likeness (QED) is 0.696. The molecule has 0 saturated heterocycles. The largest absolute Gasteiger partial charge is 0.501 e. The number of nitriles is 1. The Hall–Kier alpha value is -0.970. The van der Waals surface area contributed by atoms with E-state index in [4.69, 9.17) is 10.00 Å². The van der Waals surface area contributed by atoms with Crippen LogP contribution in [0.5, 0.6) is 0 Å². The van der Waals surface area contributed by atoms with Crippen molar-refractivity contribution in [3.63, 3.8) is 0 Å². The van der Waals surface area contributed by atoms with Crippen LogP contribution in [0.25, 0.3) is 0 Å². The Bertz CT molecular complexity index is 338. The maximum Gasteiger partial charge on any atom is 0.0962 e. The predicted molar refractivity (Wildman–Crippen MR) is 65.9 cm³/mol. The average molecular weight is 231 g/mol. The first-order valence-corrected chi connectivity index (χ1v) is 6.92. The summed E-state index contributed by atoms with van der Waals surface area (Å²) in [5.74, 6) is 5.43. The van der Waals surface area contributed by atoms with E-state index in [1.165, 1.54) is 32.1 Å². The topological polar surface area (TPSA) is 33.0 Å². The molecular formula is C15H21NO. The van der Waals surface area contributed by atoms with E-state index in [9.17, 15) is 0 Å². The molecule has 0 atom stereocenters. The smallest absolute Gasteiger partial charge is 0.0962 e. The van der Waals surface area contributed by atoms with Crippen LogP contribution in [-0.4, -0.2) is 7.11 Å². The lowest BCUT2D eigenvalue weighted by Crippen LogP contribution is -2.45. The van der Waals surface area contributed by atoms with Gasteiger partial charge in [-0.15, -0.1) is 0 Å². The Morgan fingerprint density at radius 3 is 2.24 bits per heavy atom. The molecule has 0 radical (unpaired) electrons. The van der Waals surface area contributed by atoms with Crippen molar-refractivity contribution < 1.29 is 4.74 Å². The van der Waals surface area contributed by atoms with Crippen LogP contribution in [0.4, 0.5) is 0 Å². The molecule has 4 rings (SSSR count). The summed E-state index contributed by atoms with van der Waals surface area (Å²) in [5, 5.41) is 8.71. The van der Waals surface area contributed by atoms with Gasteiger partial charge in [0.1, 0.15) is 0 Å². The highest BCUT2D eigenvalue weighted by atomic mass is 16.5. The second-order valence-electron chi connectivity index (χ2n) is 6.13. The third kappa shape index (κ3) is 1.86. The summed E-state index contributed by atoms with van der Waals surface area (Å²) in [6.45, 7) is 0. The van der Waals surface area contributed by atoms with Crippen LogP contribution in [0, 0.1) is 40.9 Å². The minimum absolute atomic E-state index is 0.492. The van der Waals surface area contributed by atoms with Crippen molar-refractivity contribution in [2.75, 3.05) is 7.11 Å². The average Bonchev–Trinajstić information content (AvgIpc) is 2.31. The monoisotopic (exact) mass is 231 g/mol. The first kappa shape index (κ1) is 11.1. The maximum absolute atomic E-state index is 8.71.